The molecule has 0 spiro atoms. The second kappa shape index (κ2) is 7.64. The summed E-state index contributed by atoms with van der Waals surface area (Å²) in [7, 11) is 5.63. The Bertz CT molecular complexity index is 1020. The maximum Gasteiger partial charge on any atom is 0.223 e. The van der Waals surface area contributed by atoms with Gasteiger partial charge >= 0.3 is 0 Å². The highest BCUT2D eigenvalue weighted by molar-refractivity contribution is 5.68. The van der Waals surface area contributed by atoms with Crippen molar-refractivity contribution in [2.45, 2.75) is 43.8 Å². The number of aromatic nitrogens is 6. The molecule has 1 unspecified atom stereocenters. The van der Waals surface area contributed by atoms with E-state index in [-0.39, 0.29) is 0 Å². The number of piperidine rings is 1. The molecule has 1 N–H and O–H groups in total. The largest absolute Gasteiger partial charge is 0.480 e. The minimum atomic E-state index is 0.461. The van der Waals surface area contributed by atoms with Gasteiger partial charge in [-0.2, -0.15) is 15.0 Å². The van der Waals surface area contributed by atoms with E-state index in [2.05, 4.69) is 42.6 Å². The van der Waals surface area contributed by atoms with Crippen LogP contribution in [0.15, 0.2) is 30.5 Å². The summed E-state index contributed by atoms with van der Waals surface area (Å²) >= 11 is 0. The first kappa shape index (κ1) is 18.9. The number of fused-ring (bicyclic) bond motifs is 2. The first-order chi connectivity index (χ1) is 14.6. The number of methoxy groups -OCH3 is 1. The van der Waals surface area contributed by atoms with E-state index >= 15 is 0 Å². The Hall–Kier alpha value is -3.07. The van der Waals surface area contributed by atoms with Crippen molar-refractivity contribution < 1.29 is 4.74 Å². The van der Waals surface area contributed by atoms with Crippen LogP contribution < -0.4 is 10.1 Å². The van der Waals surface area contributed by atoms with Crippen molar-refractivity contribution in [2.24, 2.45) is 7.05 Å². The van der Waals surface area contributed by atoms with Crippen LogP contribution in [0.1, 0.15) is 25.7 Å². The smallest absolute Gasteiger partial charge is 0.223 e. The summed E-state index contributed by atoms with van der Waals surface area (Å²) in [4.78, 5) is 8.65. The van der Waals surface area contributed by atoms with Crippen LogP contribution in [0.4, 0.5) is 5.82 Å². The highest BCUT2D eigenvalue weighted by Crippen LogP contribution is 2.35. The van der Waals surface area contributed by atoms with Crippen LogP contribution in [0.2, 0.25) is 0 Å². The molecule has 2 bridgehead atoms. The molecule has 9 heteroatoms. The van der Waals surface area contributed by atoms with Crippen molar-refractivity contribution in [3.05, 3.63) is 30.5 Å². The Labute approximate surface area is 175 Å². The molecular weight excluding hydrogens is 380 g/mol. The normalized spacial score (nSPS) is 23.5. The van der Waals surface area contributed by atoms with E-state index in [1.165, 1.54) is 30.5 Å². The summed E-state index contributed by atoms with van der Waals surface area (Å²) in [5, 5.41) is 20.8. The Morgan fingerprint density at radius 2 is 1.73 bits per heavy atom. The monoisotopic (exact) mass is 406 g/mol. The number of nitrogens with one attached hydrogen (secondary N) is 1. The fourth-order valence-electron chi connectivity index (χ4n) is 4.69. The van der Waals surface area contributed by atoms with E-state index in [4.69, 9.17) is 4.74 Å². The van der Waals surface area contributed by atoms with Crippen molar-refractivity contribution in [1.29, 1.82) is 0 Å². The molecule has 0 aromatic carbocycles. The third-order valence-electron chi connectivity index (χ3n) is 6.31. The van der Waals surface area contributed by atoms with Gasteiger partial charge in [0.1, 0.15) is 17.2 Å². The summed E-state index contributed by atoms with van der Waals surface area (Å²) in [6.45, 7) is 0. The SMILES string of the molecule is COc1nc(-c2ccc(NC3C[C@H]4CC[C@@H](C3)N4C)nn2)ccc1-c1cnn(C)n1. The van der Waals surface area contributed by atoms with Gasteiger partial charge in [0, 0.05) is 25.2 Å². The lowest BCUT2D eigenvalue weighted by atomic mass is 9.98. The van der Waals surface area contributed by atoms with Crippen molar-refractivity contribution in [3.8, 4) is 28.5 Å². The molecule has 156 valence electrons. The molecule has 3 atom stereocenters. The molecule has 30 heavy (non-hydrogen) atoms. The second-order valence-corrected chi connectivity index (χ2v) is 8.14. The molecule has 2 aliphatic rings. The molecule has 0 amide bonds. The minimum absolute atomic E-state index is 0.461. The van der Waals surface area contributed by atoms with Gasteiger partial charge in [-0.15, -0.1) is 10.2 Å². The van der Waals surface area contributed by atoms with Crippen LogP contribution in [-0.4, -0.2) is 67.4 Å². The van der Waals surface area contributed by atoms with E-state index in [1.807, 2.05) is 24.3 Å². The Morgan fingerprint density at radius 3 is 2.37 bits per heavy atom. The van der Waals surface area contributed by atoms with Crippen LogP contribution in [-0.2, 0) is 7.05 Å². The average molecular weight is 406 g/mol. The Kier molecular flexibility index (Phi) is 4.82. The molecule has 2 fully saturated rings. The number of hydrogen-bond donors (Lipinski definition) is 1. The van der Waals surface area contributed by atoms with Gasteiger partial charge in [0.2, 0.25) is 5.88 Å². The average Bonchev–Trinajstić information content (AvgIpc) is 3.26. The highest BCUT2D eigenvalue weighted by atomic mass is 16.5. The van der Waals surface area contributed by atoms with Gasteiger partial charge in [0.25, 0.3) is 0 Å². The van der Waals surface area contributed by atoms with Gasteiger partial charge in [-0.3, -0.25) is 0 Å². The van der Waals surface area contributed by atoms with Crippen LogP contribution in [0.3, 0.4) is 0 Å². The number of anilines is 1. The van der Waals surface area contributed by atoms with E-state index in [0.29, 0.717) is 41.1 Å². The summed E-state index contributed by atoms with van der Waals surface area (Å²) in [6.07, 6.45) is 6.64. The molecule has 3 aromatic heterocycles. The molecule has 0 aliphatic carbocycles. The van der Waals surface area contributed by atoms with Gasteiger partial charge in [0.15, 0.2) is 0 Å². The summed E-state index contributed by atoms with van der Waals surface area (Å²) in [5.74, 6) is 1.30. The zero-order valence-corrected chi connectivity index (χ0v) is 17.5. The van der Waals surface area contributed by atoms with Gasteiger partial charge < -0.3 is 15.0 Å². The lowest BCUT2D eigenvalue weighted by molar-refractivity contribution is 0.168. The van der Waals surface area contributed by atoms with Crippen molar-refractivity contribution in [3.63, 3.8) is 0 Å². The zero-order valence-electron chi connectivity index (χ0n) is 17.5. The van der Waals surface area contributed by atoms with Gasteiger partial charge in [-0.05, 0) is 57.0 Å². The van der Waals surface area contributed by atoms with Crippen LogP contribution in [0.5, 0.6) is 5.88 Å². The maximum absolute atomic E-state index is 5.48. The van der Waals surface area contributed by atoms with Crippen LogP contribution in [0.25, 0.3) is 22.6 Å². The molecule has 0 saturated carbocycles. The topological polar surface area (TPSA) is 93.9 Å². The summed E-state index contributed by atoms with van der Waals surface area (Å²) in [6, 6.07) is 9.60. The van der Waals surface area contributed by atoms with Crippen LogP contribution in [0, 0.1) is 0 Å². The quantitative estimate of drug-likeness (QED) is 0.690. The van der Waals surface area contributed by atoms with Crippen molar-refractivity contribution >= 4 is 5.82 Å². The highest BCUT2D eigenvalue weighted by Gasteiger charge is 2.38. The first-order valence-electron chi connectivity index (χ1n) is 10.3. The molecule has 3 aromatic rings. The standard InChI is InChI=1S/C21H26N8O/c1-28-14-4-5-15(28)11-13(10-14)23-20-9-8-18(25-26-20)17-7-6-16(21(24-17)30-3)19-12-22-29(2)27-19/h6-9,12-15H,4-5,10-11H2,1-3H3,(H,23,26)/t13?,14-,15+. The lowest BCUT2D eigenvalue weighted by Crippen LogP contribution is -2.44. The third-order valence-corrected chi connectivity index (χ3v) is 6.31. The van der Waals surface area contributed by atoms with Gasteiger partial charge in [0.05, 0.1) is 24.6 Å². The fourth-order valence-corrected chi connectivity index (χ4v) is 4.69. The number of nitrogens with zero attached hydrogens (tertiary/aromatic N) is 7. The molecule has 5 heterocycles. The molecule has 2 saturated heterocycles. The number of rotatable bonds is 5. The number of pyridine rings is 1. The van der Waals surface area contributed by atoms with Crippen molar-refractivity contribution in [1.82, 2.24) is 35.1 Å². The second-order valence-electron chi connectivity index (χ2n) is 8.14. The molecular formula is C21H26N8O. The molecule has 2 aliphatic heterocycles. The lowest BCUT2D eigenvalue weighted by Gasteiger charge is -2.36. The first-order valence-corrected chi connectivity index (χ1v) is 10.3. The van der Waals surface area contributed by atoms with E-state index in [1.54, 1.807) is 20.4 Å². The number of aryl methyl sites for hydroxylation is 1. The number of hydrogen-bond acceptors (Lipinski definition) is 8. The van der Waals surface area contributed by atoms with Gasteiger partial charge in [-0.1, -0.05) is 0 Å². The van der Waals surface area contributed by atoms with E-state index < -0.39 is 0 Å². The summed E-state index contributed by atoms with van der Waals surface area (Å²) in [5.41, 5.74) is 2.91. The predicted octanol–water partition coefficient (Wildman–Crippen LogP) is 2.38. The Morgan fingerprint density at radius 1 is 0.967 bits per heavy atom. The molecule has 0 radical (unpaired) electrons. The van der Waals surface area contributed by atoms with E-state index in [9.17, 15) is 0 Å². The van der Waals surface area contributed by atoms with Gasteiger partial charge in [-0.25, -0.2) is 4.98 Å². The Balaban J connectivity index is 1.32. The zero-order chi connectivity index (χ0) is 20.7. The van der Waals surface area contributed by atoms with Crippen LogP contribution >= 0.6 is 0 Å². The summed E-state index contributed by atoms with van der Waals surface area (Å²) < 4.78 is 5.48. The number of ether oxygens (including phenoxy) is 1. The molecule has 9 nitrogen and oxygen atoms in total. The fraction of sp³-hybridized carbons (Fsp3) is 0.476. The van der Waals surface area contributed by atoms with Crippen molar-refractivity contribution in [2.75, 3.05) is 19.5 Å². The third kappa shape index (κ3) is 3.49. The maximum atomic E-state index is 5.48. The minimum Gasteiger partial charge on any atom is -0.480 e. The molecule has 5 rings (SSSR count). The van der Waals surface area contributed by atoms with E-state index in [0.717, 1.165) is 11.4 Å². The predicted molar refractivity (Wildman–Crippen MR) is 113 cm³/mol.